The van der Waals surface area contributed by atoms with Crippen molar-refractivity contribution >= 4 is 0 Å². The fraction of sp³-hybridized carbons (Fsp3) is 0.684. The second kappa shape index (κ2) is 16.1. The average Bonchev–Trinajstić information content (AvgIpc) is 2.52. The molecule has 0 aliphatic rings. The first-order valence-electron chi connectivity index (χ1n) is 8.23. The largest absolute Gasteiger partial charge is 0.389 e. The second-order valence-electron chi connectivity index (χ2n) is 5.29. The maximum absolute atomic E-state index is 9.76. The van der Waals surface area contributed by atoms with Crippen molar-refractivity contribution in [1.82, 2.24) is 0 Å². The molecule has 2 atom stereocenters. The summed E-state index contributed by atoms with van der Waals surface area (Å²) in [6, 6.07) is 0. The number of aliphatic hydroxyl groups is 2. The van der Waals surface area contributed by atoms with Gasteiger partial charge in [-0.15, -0.1) is 0 Å². The molecule has 124 valence electrons. The minimum absolute atomic E-state index is 0.433. The van der Waals surface area contributed by atoms with Crippen LogP contribution in [0.3, 0.4) is 0 Å². The van der Waals surface area contributed by atoms with Gasteiger partial charge in [0, 0.05) is 13.7 Å². The van der Waals surface area contributed by atoms with Crippen molar-refractivity contribution in [2.24, 2.45) is 0 Å². The zero-order valence-corrected chi connectivity index (χ0v) is 14.0. The van der Waals surface area contributed by atoms with Gasteiger partial charge in [0.2, 0.25) is 0 Å². The van der Waals surface area contributed by atoms with E-state index in [0.29, 0.717) is 6.42 Å². The topological polar surface area (TPSA) is 49.7 Å². The Bertz CT molecular complexity index is 392. The van der Waals surface area contributed by atoms with Crippen molar-refractivity contribution in [3.63, 3.8) is 0 Å². The lowest BCUT2D eigenvalue weighted by molar-refractivity contribution is 0.191. The Morgan fingerprint density at radius 2 is 1.68 bits per heavy atom. The number of allylic oxidation sites excluding steroid dienone is 1. The monoisotopic (exact) mass is 306 g/mol. The van der Waals surface area contributed by atoms with E-state index in [1.54, 1.807) is 19.3 Å². The number of unbranched alkanes of at least 4 members (excludes halogenated alkanes) is 5. The Balaban J connectivity index is 3.60. The minimum Gasteiger partial charge on any atom is -0.389 e. The fourth-order valence-corrected chi connectivity index (χ4v) is 1.86. The predicted octanol–water partition coefficient (Wildman–Crippen LogP) is 3.06. The molecule has 3 nitrogen and oxygen atoms in total. The predicted molar refractivity (Wildman–Crippen MR) is 91.2 cm³/mol. The van der Waals surface area contributed by atoms with E-state index in [2.05, 4.69) is 23.7 Å². The summed E-state index contributed by atoms with van der Waals surface area (Å²) >= 11 is 0. The van der Waals surface area contributed by atoms with Crippen molar-refractivity contribution < 1.29 is 14.9 Å². The quantitative estimate of drug-likeness (QED) is 0.455. The molecule has 0 aromatic heterocycles. The van der Waals surface area contributed by atoms with Crippen molar-refractivity contribution in [2.45, 2.75) is 70.5 Å². The van der Waals surface area contributed by atoms with Crippen LogP contribution in [0.25, 0.3) is 0 Å². The molecule has 2 unspecified atom stereocenters. The van der Waals surface area contributed by atoms with Gasteiger partial charge in [0.15, 0.2) is 0 Å². The molecule has 0 radical (unpaired) electrons. The Morgan fingerprint density at radius 1 is 1.00 bits per heavy atom. The molecular formula is C19H30O3. The molecule has 0 rings (SSSR count). The maximum atomic E-state index is 9.76. The fourth-order valence-electron chi connectivity index (χ4n) is 1.86. The molecule has 0 saturated carbocycles. The van der Waals surface area contributed by atoms with Crippen LogP contribution in [0, 0.1) is 23.7 Å². The van der Waals surface area contributed by atoms with Crippen LogP contribution in [0.4, 0.5) is 0 Å². The second-order valence-corrected chi connectivity index (χ2v) is 5.29. The molecule has 2 N–H and O–H groups in total. The van der Waals surface area contributed by atoms with Gasteiger partial charge in [-0.2, -0.15) is 0 Å². The lowest BCUT2D eigenvalue weighted by atomic mass is 10.1. The van der Waals surface area contributed by atoms with Gasteiger partial charge in [-0.1, -0.05) is 50.9 Å². The van der Waals surface area contributed by atoms with E-state index < -0.39 is 12.2 Å². The number of rotatable bonds is 11. The van der Waals surface area contributed by atoms with E-state index in [1.807, 2.05) is 6.92 Å². The molecule has 3 heteroatoms. The van der Waals surface area contributed by atoms with Crippen LogP contribution >= 0.6 is 0 Å². The molecule has 0 aliphatic heterocycles. The van der Waals surface area contributed by atoms with Gasteiger partial charge in [-0.3, -0.25) is 0 Å². The smallest absolute Gasteiger partial charge is 0.115 e. The highest BCUT2D eigenvalue weighted by Gasteiger charge is 1.98. The Labute approximate surface area is 135 Å². The number of methoxy groups -OCH3 is 1. The highest BCUT2D eigenvalue weighted by molar-refractivity contribution is 5.31. The third kappa shape index (κ3) is 15.1. The summed E-state index contributed by atoms with van der Waals surface area (Å²) in [6.07, 6.45) is 10.7. The van der Waals surface area contributed by atoms with Crippen molar-refractivity contribution in [3.8, 4) is 23.7 Å². The Hall–Kier alpha value is -1.26. The molecule has 22 heavy (non-hydrogen) atoms. The van der Waals surface area contributed by atoms with Crippen LogP contribution in [-0.2, 0) is 4.74 Å². The van der Waals surface area contributed by atoms with E-state index in [0.717, 1.165) is 32.3 Å². The highest BCUT2D eigenvalue weighted by Crippen LogP contribution is 2.09. The third-order valence-electron chi connectivity index (χ3n) is 3.26. The summed E-state index contributed by atoms with van der Waals surface area (Å²) in [5.41, 5.74) is 0. The van der Waals surface area contributed by atoms with Crippen molar-refractivity contribution in [2.75, 3.05) is 13.7 Å². The SMILES string of the molecule is CCC(O)C#CC#C/C=C/C(O)CCCCCCCCOC. The summed E-state index contributed by atoms with van der Waals surface area (Å²) in [5.74, 6) is 10.6. The zero-order chi connectivity index (χ0) is 16.5. The molecule has 0 saturated heterocycles. The Kier molecular flexibility index (Phi) is 15.2. The van der Waals surface area contributed by atoms with E-state index in [4.69, 9.17) is 4.74 Å². The molecule has 0 aromatic rings. The van der Waals surface area contributed by atoms with Gasteiger partial charge in [0.25, 0.3) is 0 Å². The first kappa shape index (κ1) is 20.7. The van der Waals surface area contributed by atoms with Crippen LogP contribution < -0.4 is 0 Å². The summed E-state index contributed by atoms with van der Waals surface area (Å²) in [7, 11) is 1.74. The maximum Gasteiger partial charge on any atom is 0.115 e. The summed E-state index contributed by atoms with van der Waals surface area (Å²) in [5, 5.41) is 19.0. The molecule has 0 aromatic carbocycles. The van der Waals surface area contributed by atoms with Gasteiger partial charge in [0.1, 0.15) is 6.10 Å². The van der Waals surface area contributed by atoms with Crippen LogP contribution in [0.15, 0.2) is 12.2 Å². The molecule has 0 spiro atoms. The van der Waals surface area contributed by atoms with Gasteiger partial charge in [0.05, 0.1) is 6.10 Å². The minimum atomic E-state index is -0.599. The van der Waals surface area contributed by atoms with Gasteiger partial charge in [-0.05, 0) is 43.3 Å². The van der Waals surface area contributed by atoms with E-state index in [9.17, 15) is 10.2 Å². The van der Waals surface area contributed by atoms with Crippen molar-refractivity contribution in [3.05, 3.63) is 12.2 Å². The molecular weight excluding hydrogens is 276 g/mol. The average molecular weight is 306 g/mol. The standard InChI is InChI=1S/C19H30O3/c1-3-18(20)14-10-7-8-12-16-19(21)15-11-6-4-5-9-13-17-22-2/h12,16,18-21H,3-6,9,11,13,15,17H2,1-2H3/b16-12+. The van der Waals surface area contributed by atoms with Gasteiger partial charge < -0.3 is 14.9 Å². The van der Waals surface area contributed by atoms with Crippen LogP contribution in [-0.4, -0.2) is 36.1 Å². The lowest BCUT2D eigenvalue weighted by Gasteiger charge is -2.04. The van der Waals surface area contributed by atoms with E-state index in [-0.39, 0.29) is 0 Å². The zero-order valence-electron chi connectivity index (χ0n) is 14.0. The molecule has 0 aliphatic carbocycles. The van der Waals surface area contributed by atoms with Crippen LogP contribution in [0.1, 0.15) is 58.3 Å². The van der Waals surface area contributed by atoms with E-state index in [1.165, 1.54) is 19.3 Å². The number of hydrogen-bond acceptors (Lipinski definition) is 3. The molecule has 0 amide bonds. The van der Waals surface area contributed by atoms with Gasteiger partial charge in [-0.25, -0.2) is 0 Å². The highest BCUT2D eigenvalue weighted by atomic mass is 16.5. The number of aliphatic hydroxyl groups excluding tert-OH is 2. The molecule has 0 fully saturated rings. The number of ether oxygens (including phenoxy) is 1. The Morgan fingerprint density at radius 3 is 2.36 bits per heavy atom. The normalized spacial score (nSPS) is 13.1. The first-order chi connectivity index (χ1) is 10.7. The van der Waals surface area contributed by atoms with Crippen molar-refractivity contribution in [1.29, 1.82) is 0 Å². The van der Waals surface area contributed by atoms with Crippen LogP contribution in [0.2, 0.25) is 0 Å². The van der Waals surface area contributed by atoms with Crippen LogP contribution in [0.5, 0.6) is 0 Å². The molecule has 0 bridgehead atoms. The summed E-state index contributed by atoms with van der Waals surface area (Å²) in [4.78, 5) is 0. The number of hydrogen-bond donors (Lipinski definition) is 2. The first-order valence-corrected chi connectivity index (χ1v) is 8.23. The summed E-state index contributed by atoms with van der Waals surface area (Å²) < 4.78 is 5.01. The van der Waals surface area contributed by atoms with E-state index >= 15 is 0 Å². The molecule has 0 heterocycles. The van der Waals surface area contributed by atoms with Gasteiger partial charge >= 0.3 is 0 Å². The third-order valence-corrected chi connectivity index (χ3v) is 3.26. The summed E-state index contributed by atoms with van der Waals surface area (Å²) in [6.45, 7) is 2.72. The lowest BCUT2D eigenvalue weighted by Crippen LogP contribution is -2.01.